The number of pyridine rings is 1. The predicted octanol–water partition coefficient (Wildman–Crippen LogP) is 4.24. The molecule has 3 heterocycles. The van der Waals surface area contributed by atoms with E-state index >= 15 is 0 Å². The van der Waals surface area contributed by atoms with Crippen LogP contribution >= 0.6 is 23.5 Å². The van der Waals surface area contributed by atoms with Crippen LogP contribution in [0.15, 0.2) is 36.9 Å². The van der Waals surface area contributed by atoms with Crippen molar-refractivity contribution in [1.82, 2.24) is 29.7 Å². The Balaban J connectivity index is 1.77. The molecule has 10 heteroatoms. The highest BCUT2D eigenvalue weighted by Gasteiger charge is 2.22. The number of hydrogen-bond donors (Lipinski definition) is 1. The van der Waals surface area contributed by atoms with Crippen molar-refractivity contribution < 1.29 is 4.74 Å². The van der Waals surface area contributed by atoms with Crippen LogP contribution in [-0.4, -0.2) is 48.7 Å². The fourth-order valence-corrected chi connectivity index (χ4v) is 3.66. The molecule has 1 N–H and O–H groups in total. The molecule has 3 aromatic rings. The summed E-state index contributed by atoms with van der Waals surface area (Å²) in [4.78, 5) is 12.8. The van der Waals surface area contributed by atoms with E-state index in [0.717, 1.165) is 17.2 Å². The van der Waals surface area contributed by atoms with Gasteiger partial charge in [-0.1, -0.05) is 25.4 Å². The number of nitrogens with zero attached hydrogens (tertiary/aromatic N) is 6. The van der Waals surface area contributed by atoms with Crippen LogP contribution in [0, 0.1) is 0 Å². The Labute approximate surface area is 179 Å². The second-order valence-corrected chi connectivity index (χ2v) is 8.36. The third kappa shape index (κ3) is 5.23. The molecule has 0 amide bonds. The maximum absolute atomic E-state index is 5.89. The molecule has 3 aromatic heterocycles. The third-order valence-electron chi connectivity index (χ3n) is 4.55. The van der Waals surface area contributed by atoms with Gasteiger partial charge in [0.25, 0.3) is 0 Å². The van der Waals surface area contributed by atoms with Crippen LogP contribution in [0.1, 0.15) is 38.6 Å². The largest absolute Gasteiger partial charge is 0.383 e. The highest BCUT2D eigenvalue weighted by molar-refractivity contribution is 8.01. The molecule has 0 aliphatic heterocycles. The molecule has 0 bridgehead atoms. The number of nitrogens with one attached hydrogen (secondary N) is 1. The molecule has 0 aliphatic carbocycles. The fourth-order valence-electron chi connectivity index (χ4n) is 2.80. The van der Waals surface area contributed by atoms with Crippen LogP contribution in [-0.2, 0) is 4.74 Å². The molecule has 3 atom stereocenters. The maximum Gasteiger partial charge on any atom is 0.235 e. The molecule has 0 fully saturated rings. The van der Waals surface area contributed by atoms with E-state index in [2.05, 4.69) is 50.6 Å². The zero-order chi connectivity index (χ0) is 20.8. The molecule has 3 unspecified atom stereocenters. The smallest absolute Gasteiger partial charge is 0.235 e. The minimum Gasteiger partial charge on any atom is -0.383 e. The number of halogens is 1. The van der Waals surface area contributed by atoms with Crippen molar-refractivity contribution in [2.24, 2.45) is 0 Å². The number of anilines is 1. The molecule has 154 valence electrons. The average molecular weight is 434 g/mol. The summed E-state index contributed by atoms with van der Waals surface area (Å²) in [6.07, 6.45) is 6.75. The minimum absolute atomic E-state index is 0.0423. The van der Waals surface area contributed by atoms with E-state index in [-0.39, 0.29) is 17.2 Å². The van der Waals surface area contributed by atoms with E-state index in [0.29, 0.717) is 17.6 Å². The van der Waals surface area contributed by atoms with Crippen LogP contribution in [0.4, 0.5) is 5.95 Å². The molecule has 0 aromatic carbocycles. The molecule has 0 saturated carbocycles. The lowest BCUT2D eigenvalue weighted by Crippen LogP contribution is -2.17. The van der Waals surface area contributed by atoms with Gasteiger partial charge in [-0.15, -0.1) is 10.2 Å². The van der Waals surface area contributed by atoms with Gasteiger partial charge >= 0.3 is 0 Å². The second kappa shape index (κ2) is 10.00. The van der Waals surface area contributed by atoms with Gasteiger partial charge in [-0.3, -0.25) is 14.3 Å². The zero-order valence-electron chi connectivity index (χ0n) is 16.8. The lowest BCUT2D eigenvalue weighted by Gasteiger charge is -2.21. The molecule has 3 rings (SSSR count). The lowest BCUT2D eigenvalue weighted by atomic mass is 10.1. The molecular weight excluding hydrogens is 410 g/mol. The van der Waals surface area contributed by atoms with Crippen molar-refractivity contribution >= 4 is 29.5 Å². The summed E-state index contributed by atoms with van der Waals surface area (Å²) in [6, 6.07) is 3.89. The number of hydrogen-bond acceptors (Lipinski definition) is 8. The van der Waals surface area contributed by atoms with Crippen LogP contribution in [0.25, 0.3) is 11.4 Å². The number of rotatable bonds is 9. The fraction of sp³-hybridized carbons (Fsp3) is 0.421. The normalized spacial score (nSPS) is 14.4. The Morgan fingerprint density at radius 2 is 1.93 bits per heavy atom. The number of aromatic nitrogens is 6. The molecular formula is C19H24ClN7OS. The number of methoxy groups -OCH3 is 1. The summed E-state index contributed by atoms with van der Waals surface area (Å²) in [7, 11) is 1.68. The van der Waals surface area contributed by atoms with E-state index in [4.69, 9.17) is 16.3 Å². The minimum atomic E-state index is 0.0423. The van der Waals surface area contributed by atoms with Crippen molar-refractivity contribution in [1.29, 1.82) is 0 Å². The van der Waals surface area contributed by atoms with Gasteiger partial charge in [0.2, 0.25) is 5.95 Å². The Kier molecular flexibility index (Phi) is 7.40. The standard InChI is InChI=1S/C19H24ClN7OS/c1-12(11-28-4)27-18(15-6-5-7-21-8-15)24-25-19(27)26-29-14(3)13(2)17-22-9-16(20)10-23-17/h5-10,12-14H,11H2,1-4H3,(H,25,26). The van der Waals surface area contributed by atoms with Crippen LogP contribution in [0.2, 0.25) is 5.02 Å². The van der Waals surface area contributed by atoms with Gasteiger partial charge in [0.1, 0.15) is 5.82 Å². The Morgan fingerprint density at radius 3 is 2.59 bits per heavy atom. The van der Waals surface area contributed by atoms with Gasteiger partial charge in [-0.2, -0.15) is 0 Å². The van der Waals surface area contributed by atoms with E-state index in [1.54, 1.807) is 43.8 Å². The Bertz CT molecular complexity index is 907. The van der Waals surface area contributed by atoms with E-state index < -0.39 is 0 Å². The maximum atomic E-state index is 5.89. The summed E-state index contributed by atoms with van der Waals surface area (Å²) in [5, 5.41) is 9.45. The first kappa shape index (κ1) is 21.5. The molecule has 29 heavy (non-hydrogen) atoms. The van der Waals surface area contributed by atoms with Gasteiger partial charge in [0.05, 0.1) is 17.7 Å². The van der Waals surface area contributed by atoms with Gasteiger partial charge < -0.3 is 4.74 Å². The summed E-state index contributed by atoms with van der Waals surface area (Å²) < 4.78 is 10.7. The van der Waals surface area contributed by atoms with Crippen molar-refractivity contribution in [3.63, 3.8) is 0 Å². The van der Waals surface area contributed by atoms with E-state index in [1.807, 2.05) is 16.7 Å². The van der Waals surface area contributed by atoms with E-state index in [9.17, 15) is 0 Å². The van der Waals surface area contributed by atoms with Gasteiger partial charge in [0.15, 0.2) is 5.82 Å². The SMILES string of the molecule is COCC(C)n1c(NSC(C)C(C)c2ncc(Cl)cn2)nnc1-c1cccnc1. The summed E-state index contributed by atoms with van der Waals surface area (Å²) in [6.45, 7) is 6.80. The number of ether oxygens (including phenoxy) is 1. The molecule has 0 aliphatic rings. The molecule has 0 radical (unpaired) electrons. The van der Waals surface area contributed by atoms with Crippen molar-refractivity contribution in [2.75, 3.05) is 18.4 Å². The van der Waals surface area contributed by atoms with Crippen molar-refractivity contribution in [3.05, 3.63) is 47.8 Å². The Morgan fingerprint density at radius 1 is 1.17 bits per heavy atom. The first-order valence-electron chi connectivity index (χ1n) is 9.24. The highest BCUT2D eigenvalue weighted by Crippen LogP contribution is 2.30. The van der Waals surface area contributed by atoms with Crippen molar-refractivity contribution in [3.8, 4) is 11.4 Å². The summed E-state index contributed by atoms with van der Waals surface area (Å²) in [5.74, 6) is 2.28. The molecule has 8 nitrogen and oxygen atoms in total. The van der Waals surface area contributed by atoms with Crippen LogP contribution < -0.4 is 4.72 Å². The highest BCUT2D eigenvalue weighted by atomic mass is 35.5. The average Bonchev–Trinajstić information content (AvgIpc) is 3.17. The zero-order valence-corrected chi connectivity index (χ0v) is 18.4. The summed E-state index contributed by atoms with van der Waals surface area (Å²) >= 11 is 7.44. The topological polar surface area (TPSA) is 90.6 Å². The monoisotopic (exact) mass is 433 g/mol. The molecule has 0 saturated heterocycles. The third-order valence-corrected chi connectivity index (χ3v) is 5.83. The second-order valence-electron chi connectivity index (χ2n) is 6.74. The first-order valence-corrected chi connectivity index (χ1v) is 10.5. The predicted molar refractivity (Wildman–Crippen MR) is 116 cm³/mol. The van der Waals surface area contributed by atoms with E-state index in [1.165, 1.54) is 0 Å². The van der Waals surface area contributed by atoms with Crippen molar-refractivity contribution in [2.45, 2.75) is 38.0 Å². The lowest BCUT2D eigenvalue weighted by molar-refractivity contribution is 0.163. The van der Waals surface area contributed by atoms with Gasteiger partial charge in [-0.05, 0) is 31.0 Å². The summed E-state index contributed by atoms with van der Waals surface area (Å²) in [5.41, 5.74) is 0.900. The Hall–Kier alpha value is -2.23. The van der Waals surface area contributed by atoms with Gasteiger partial charge in [0, 0.05) is 48.6 Å². The molecule has 0 spiro atoms. The quantitative estimate of drug-likeness (QED) is 0.501. The van der Waals surface area contributed by atoms with Gasteiger partial charge in [-0.25, -0.2) is 9.97 Å². The first-order chi connectivity index (χ1) is 14.0. The van der Waals surface area contributed by atoms with Crippen LogP contribution in [0.5, 0.6) is 0 Å². The van der Waals surface area contributed by atoms with Crippen LogP contribution in [0.3, 0.4) is 0 Å².